The lowest BCUT2D eigenvalue weighted by Gasteiger charge is -2.35. The Labute approximate surface area is 143 Å². The van der Waals surface area contributed by atoms with Gasteiger partial charge in [-0.1, -0.05) is 18.2 Å². The number of carbonyl (C=O) groups excluding carboxylic acids is 1. The number of carbonyl (C=O) groups is 1. The molecule has 3 rings (SSSR count). The van der Waals surface area contributed by atoms with Crippen molar-refractivity contribution in [3.8, 4) is 0 Å². The van der Waals surface area contributed by atoms with Gasteiger partial charge in [0.1, 0.15) is 5.82 Å². The van der Waals surface area contributed by atoms with E-state index in [1.165, 1.54) is 5.56 Å². The lowest BCUT2D eigenvalue weighted by molar-refractivity contribution is -0.117. The van der Waals surface area contributed by atoms with E-state index in [0.717, 1.165) is 43.2 Å². The van der Waals surface area contributed by atoms with Gasteiger partial charge in [0.2, 0.25) is 5.91 Å². The monoisotopic (exact) mass is 324 g/mol. The number of aromatic nitrogens is 1. The zero-order chi connectivity index (χ0) is 16.9. The molecule has 0 atom stereocenters. The second-order valence-electron chi connectivity index (χ2n) is 6.32. The summed E-state index contributed by atoms with van der Waals surface area (Å²) in [6.07, 6.45) is 1.84. The predicted octanol–water partition coefficient (Wildman–Crippen LogP) is 2.46. The summed E-state index contributed by atoms with van der Waals surface area (Å²) >= 11 is 0. The molecule has 0 spiro atoms. The van der Waals surface area contributed by atoms with Crippen molar-refractivity contribution in [2.75, 3.05) is 42.9 Å². The summed E-state index contributed by atoms with van der Waals surface area (Å²) in [7, 11) is 0. The molecule has 0 unspecified atom stereocenters. The first-order chi connectivity index (χ1) is 11.6. The fourth-order valence-electron chi connectivity index (χ4n) is 3.05. The molecule has 0 aliphatic carbocycles. The lowest BCUT2D eigenvalue weighted by atomic mass is 10.2. The molecule has 126 valence electrons. The number of amides is 1. The van der Waals surface area contributed by atoms with Gasteiger partial charge in [-0.25, -0.2) is 4.98 Å². The number of rotatable bonds is 4. The second kappa shape index (κ2) is 7.45. The van der Waals surface area contributed by atoms with Crippen LogP contribution >= 0.6 is 0 Å². The summed E-state index contributed by atoms with van der Waals surface area (Å²) in [6.45, 7) is 8.08. The van der Waals surface area contributed by atoms with Crippen LogP contribution in [-0.2, 0) is 4.79 Å². The van der Waals surface area contributed by atoms with E-state index in [0.29, 0.717) is 6.54 Å². The quantitative estimate of drug-likeness (QED) is 0.938. The van der Waals surface area contributed by atoms with Crippen LogP contribution in [0.1, 0.15) is 11.1 Å². The third kappa shape index (κ3) is 4.11. The fourth-order valence-corrected chi connectivity index (χ4v) is 3.05. The number of hydrogen-bond acceptors (Lipinski definition) is 4. The van der Waals surface area contributed by atoms with E-state index in [4.69, 9.17) is 0 Å². The van der Waals surface area contributed by atoms with E-state index in [9.17, 15) is 4.79 Å². The molecule has 1 aromatic carbocycles. The van der Waals surface area contributed by atoms with Gasteiger partial charge >= 0.3 is 0 Å². The van der Waals surface area contributed by atoms with E-state index < -0.39 is 0 Å². The normalized spacial score (nSPS) is 15.3. The molecule has 1 aliphatic heterocycles. The fraction of sp³-hybridized carbons (Fsp3) is 0.368. The van der Waals surface area contributed by atoms with Crippen molar-refractivity contribution in [2.45, 2.75) is 13.8 Å². The van der Waals surface area contributed by atoms with Crippen LogP contribution in [0.5, 0.6) is 0 Å². The third-order valence-electron chi connectivity index (χ3n) is 4.32. The van der Waals surface area contributed by atoms with Gasteiger partial charge in [-0.05, 0) is 43.2 Å². The minimum atomic E-state index is 0.0445. The molecular formula is C19H24N4O. The first-order valence-corrected chi connectivity index (χ1v) is 8.37. The average Bonchev–Trinajstić information content (AvgIpc) is 2.56. The van der Waals surface area contributed by atoms with Gasteiger partial charge < -0.3 is 10.2 Å². The van der Waals surface area contributed by atoms with Crippen LogP contribution in [0.4, 0.5) is 11.5 Å². The smallest absolute Gasteiger partial charge is 0.238 e. The molecule has 1 amide bonds. The number of hydrogen-bond donors (Lipinski definition) is 1. The van der Waals surface area contributed by atoms with E-state index in [-0.39, 0.29) is 5.91 Å². The first kappa shape index (κ1) is 16.5. The standard InChI is InChI=1S/C19H24N4O/c1-15-5-3-7-17(13-15)21-18(24)14-22-9-11-23(12-10-22)19-16(2)6-4-8-20-19/h3-8,13H,9-12,14H2,1-2H3,(H,21,24). The molecule has 24 heavy (non-hydrogen) atoms. The minimum absolute atomic E-state index is 0.0445. The Balaban J connectivity index is 1.50. The molecule has 2 aromatic rings. The van der Waals surface area contributed by atoms with E-state index in [1.807, 2.05) is 43.5 Å². The molecule has 2 heterocycles. The van der Waals surface area contributed by atoms with E-state index >= 15 is 0 Å². The topological polar surface area (TPSA) is 48.5 Å². The molecule has 0 bridgehead atoms. The first-order valence-electron chi connectivity index (χ1n) is 8.37. The van der Waals surface area contributed by atoms with Gasteiger partial charge in [0, 0.05) is 38.1 Å². The third-order valence-corrected chi connectivity index (χ3v) is 4.32. The molecule has 1 aromatic heterocycles. The summed E-state index contributed by atoms with van der Waals surface area (Å²) in [5.74, 6) is 1.10. The highest BCUT2D eigenvalue weighted by Crippen LogP contribution is 2.17. The summed E-state index contributed by atoms with van der Waals surface area (Å²) in [5.41, 5.74) is 3.21. The Kier molecular flexibility index (Phi) is 5.11. The number of piperazine rings is 1. The molecule has 0 saturated carbocycles. The maximum absolute atomic E-state index is 12.2. The molecule has 5 heteroatoms. The van der Waals surface area contributed by atoms with Crippen LogP contribution in [0.15, 0.2) is 42.6 Å². The average molecular weight is 324 g/mol. The van der Waals surface area contributed by atoms with Crippen LogP contribution in [0.3, 0.4) is 0 Å². The zero-order valence-corrected chi connectivity index (χ0v) is 14.3. The molecule has 1 fully saturated rings. The van der Waals surface area contributed by atoms with Crippen LogP contribution in [0, 0.1) is 13.8 Å². The highest BCUT2D eigenvalue weighted by molar-refractivity contribution is 5.92. The van der Waals surface area contributed by atoms with Gasteiger partial charge in [-0.15, -0.1) is 0 Å². The van der Waals surface area contributed by atoms with Crippen molar-refractivity contribution in [1.29, 1.82) is 0 Å². The van der Waals surface area contributed by atoms with Crippen molar-refractivity contribution in [2.24, 2.45) is 0 Å². The number of anilines is 2. The Morgan fingerprint density at radius 1 is 1.12 bits per heavy atom. The Hall–Kier alpha value is -2.40. The maximum atomic E-state index is 12.2. The lowest BCUT2D eigenvalue weighted by Crippen LogP contribution is -2.49. The van der Waals surface area contributed by atoms with Gasteiger partial charge in [-0.3, -0.25) is 9.69 Å². The van der Waals surface area contributed by atoms with Crippen molar-refractivity contribution in [1.82, 2.24) is 9.88 Å². The Morgan fingerprint density at radius 3 is 2.62 bits per heavy atom. The van der Waals surface area contributed by atoms with Gasteiger partial charge in [0.25, 0.3) is 0 Å². The summed E-state index contributed by atoms with van der Waals surface area (Å²) in [5, 5.41) is 2.98. The van der Waals surface area contributed by atoms with E-state index in [2.05, 4.69) is 33.1 Å². The number of benzene rings is 1. The summed E-state index contributed by atoms with van der Waals surface area (Å²) in [6, 6.07) is 11.9. The largest absolute Gasteiger partial charge is 0.354 e. The second-order valence-corrected chi connectivity index (χ2v) is 6.32. The SMILES string of the molecule is Cc1cccc(NC(=O)CN2CCN(c3ncccc3C)CC2)c1. The molecular weight excluding hydrogens is 300 g/mol. The van der Waals surface area contributed by atoms with Crippen molar-refractivity contribution in [3.63, 3.8) is 0 Å². The summed E-state index contributed by atoms with van der Waals surface area (Å²) in [4.78, 5) is 21.2. The molecule has 1 N–H and O–H groups in total. The highest BCUT2D eigenvalue weighted by atomic mass is 16.2. The zero-order valence-electron chi connectivity index (χ0n) is 14.3. The molecule has 0 radical (unpaired) electrons. The van der Waals surface area contributed by atoms with Crippen molar-refractivity contribution >= 4 is 17.4 Å². The molecule has 1 aliphatic rings. The van der Waals surface area contributed by atoms with Crippen LogP contribution in [0.2, 0.25) is 0 Å². The Morgan fingerprint density at radius 2 is 1.92 bits per heavy atom. The summed E-state index contributed by atoms with van der Waals surface area (Å²) < 4.78 is 0. The number of pyridine rings is 1. The molecule has 1 saturated heterocycles. The minimum Gasteiger partial charge on any atom is -0.354 e. The van der Waals surface area contributed by atoms with Crippen LogP contribution < -0.4 is 10.2 Å². The Bertz CT molecular complexity index is 708. The highest BCUT2D eigenvalue weighted by Gasteiger charge is 2.20. The number of nitrogens with zero attached hydrogens (tertiary/aromatic N) is 3. The van der Waals surface area contributed by atoms with Gasteiger partial charge in [0.15, 0.2) is 0 Å². The number of aryl methyl sites for hydroxylation is 2. The maximum Gasteiger partial charge on any atom is 0.238 e. The van der Waals surface area contributed by atoms with Crippen LogP contribution in [-0.4, -0.2) is 48.5 Å². The van der Waals surface area contributed by atoms with Crippen molar-refractivity contribution < 1.29 is 4.79 Å². The van der Waals surface area contributed by atoms with Gasteiger partial charge in [-0.2, -0.15) is 0 Å². The predicted molar refractivity (Wildman–Crippen MR) is 97.4 cm³/mol. The number of nitrogens with one attached hydrogen (secondary N) is 1. The molecule has 5 nitrogen and oxygen atoms in total. The van der Waals surface area contributed by atoms with E-state index in [1.54, 1.807) is 0 Å². The van der Waals surface area contributed by atoms with Crippen molar-refractivity contribution in [3.05, 3.63) is 53.7 Å². The van der Waals surface area contributed by atoms with Crippen LogP contribution in [0.25, 0.3) is 0 Å². The van der Waals surface area contributed by atoms with Gasteiger partial charge in [0.05, 0.1) is 6.54 Å².